The van der Waals surface area contributed by atoms with Gasteiger partial charge in [0.05, 0.1) is 6.61 Å². The number of rotatable bonds is 19. The van der Waals surface area contributed by atoms with E-state index in [4.69, 9.17) is 9.57 Å². The zero-order valence-corrected chi connectivity index (χ0v) is 24.4. The molecule has 222 valence electrons. The van der Waals surface area contributed by atoms with Crippen LogP contribution in [0.5, 0.6) is 0 Å². The van der Waals surface area contributed by atoms with Crippen LogP contribution < -0.4 is 10.6 Å². The Kier molecular flexibility index (Phi) is 25.8. The fraction of sp³-hybridized carbons (Fsp3) is 0.607. The lowest BCUT2D eigenvalue weighted by Gasteiger charge is -2.23. The van der Waals surface area contributed by atoms with Gasteiger partial charge >= 0.3 is 0 Å². The molecule has 0 aliphatic rings. The van der Waals surface area contributed by atoms with Crippen LogP contribution >= 0.6 is 0 Å². The third kappa shape index (κ3) is 21.5. The molecular weight excluding hydrogens is 504 g/mol. The Morgan fingerprint density at radius 1 is 1.05 bits per heavy atom. The van der Waals surface area contributed by atoms with Crippen molar-refractivity contribution in [2.24, 2.45) is 0 Å². The number of hydrogen-bond acceptors (Lipinski definition) is 8. The minimum absolute atomic E-state index is 0.325. The second-order valence-corrected chi connectivity index (χ2v) is 8.74. The number of nitrogens with zero attached hydrogens (tertiary/aromatic N) is 2. The molecular formula is C28H48N4O7. The molecule has 0 bridgehead atoms. The summed E-state index contributed by atoms with van der Waals surface area (Å²) in [6, 6.07) is 5.83. The number of ether oxygens (including phenoxy) is 1. The average molecular weight is 553 g/mol. The molecule has 1 aromatic carbocycles. The maximum Gasteiger partial charge on any atom is 0.223 e. The van der Waals surface area contributed by atoms with Crippen LogP contribution in [-0.2, 0) is 41.9 Å². The molecule has 0 aliphatic heterocycles. The fourth-order valence-electron chi connectivity index (χ4n) is 2.99. The van der Waals surface area contributed by atoms with Gasteiger partial charge in [-0.1, -0.05) is 38.8 Å². The smallest absolute Gasteiger partial charge is 0.223 e. The topological polar surface area (TPSA) is 134 Å². The Balaban J connectivity index is 0. The van der Waals surface area contributed by atoms with E-state index in [2.05, 4.69) is 26.1 Å². The third-order valence-electron chi connectivity index (χ3n) is 5.62. The van der Waals surface area contributed by atoms with Crippen LogP contribution in [-0.4, -0.2) is 81.3 Å². The molecule has 2 N–H and O–H groups in total. The molecule has 1 unspecified atom stereocenters. The lowest BCUT2D eigenvalue weighted by Crippen LogP contribution is -2.28. The Morgan fingerprint density at radius 3 is 2.23 bits per heavy atom. The summed E-state index contributed by atoms with van der Waals surface area (Å²) in [5, 5.41) is 6.26. The van der Waals surface area contributed by atoms with E-state index in [9.17, 15) is 24.0 Å². The SMILES string of the molecule is CC(=O)NC=O.CCC(C)N(C)OCc1ccc(CNC=O)cc1C=O.CCCCCN(C=O)CCCOC. The Morgan fingerprint density at radius 2 is 1.74 bits per heavy atom. The van der Waals surface area contributed by atoms with Gasteiger partial charge in [-0.05, 0) is 43.4 Å². The highest BCUT2D eigenvalue weighted by Gasteiger charge is 2.09. The quantitative estimate of drug-likeness (QED) is 0.152. The molecule has 39 heavy (non-hydrogen) atoms. The number of hydrogen-bond donors (Lipinski definition) is 2. The highest BCUT2D eigenvalue weighted by Crippen LogP contribution is 2.13. The van der Waals surface area contributed by atoms with Gasteiger partial charge < -0.3 is 15.0 Å². The van der Waals surface area contributed by atoms with E-state index < -0.39 is 0 Å². The number of unbranched alkanes of at least 4 members (excludes halogenated alkanes) is 2. The van der Waals surface area contributed by atoms with Gasteiger partial charge in [-0.25, -0.2) is 0 Å². The number of methoxy groups -OCH3 is 1. The Hall–Kier alpha value is -3.15. The van der Waals surface area contributed by atoms with Crippen molar-refractivity contribution in [3.63, 3.8) is 0 Å². The second-order valence-electron chi connectivity index (χ2n) is 8.74. The van der Waals surface area contributed by atoms with E-state index in [-0.39, 0.29) is 5.91 Å². The number of imide groups is 1. The maximum atomic E-state index is 11.1. The van der Waals surface area contributed by atoms with E-state index in [0.717, 1.165) is 62.8 Å². The normalized spacial score (nSPS) is 10.6. The van der Waals surface area contributed by atoms with Gasteiger partial charge in [0, 0.05) is 58.9 Å². The zero-order valence-electron chi connectivity index (χ0n) is 24.4. The minimum atomic E-state index is -0.329. The monoisotopic (exact) mass is 552 g/mol. The van der Waals surface area contributed by atoms with Gasteiger partial charge in [-0.2, -0.15) is 5.06 Å². The third-order valence-corrected chi connectivity index (χ3v) is 5.62. The summed E-state index contributed by atoms with van der Waals surface area (Å²) in [6.07, 6.45) is 8.18. The van der Waals surface area contributed by atoms with Crippen molar-refractivity contribution >= 4 is 31.4 Å². The predicted octanol–water partition coefficient (Wildman–Crippen LogP) is 2.86. The molecule has 0 saturated heterocycles. The summed E-state index contributed by atoms with van der Waals surface area (Å²) in [4.78, 5) is 58.4. The van der Waals surface area contributed by atoms with Crippen LogP contribution in [0.15, 0.2) is 18.2 Å². The molecule has 0 heterocycles. The number of nitrogens with one attached hydrogen (secondary N) is 2. The fourth-order valence-corrected chi connectivity index (χ4v) is 2.99. The predicted molar refractivity (Wildman–Crippen MR) is 151 cm³/mol. The molecule has 4 amide bonds. The minimum Gasteiger partial charge on any atom is -0.385 e. The number of benzene rings is 1. The molecule has 11 nitrogen and oxygen atoms in total. The van der Waals surface area contributed by atoms with Crippen molar-refractivity contribution in [1.29, 1.82) is 0 Å². The van der Waals surface area contributed by atoms with Crippen molar-refractivity contribution in [3.8, 4) is 0 Å². The summed E-state index contributed by atoms with van der Waals surface area (Å²) >= 11 is 0. The molecule has 0 aromatic heterocycles. The summed E-state index contributed by atoms with van der Waals surface area (Å²) in [7, 11) is 3.57. The van der Waals surface area contributed by atoms with Crippen LogP contribution in [0.2, 0.25) is 0 Å². The van der Waals surface area contributed by atoms with Crippen LogP contribution in [0, 0.1) is 0 Å². The zero-order chi connectivity index (χ0) is 29.9. The standard InChI is InChI=1S/C15H22N2O3.C10H21NO2.C3H5NO2/c1-4-12(2)17(3)20-10-14-6-5-13(8-16-11-19)7-15(14)9-18;1-3-4-5-7-11(10-12)8-6-9-13-2;1-3(6)4-2-5/h5-7,9,11-12H,4,8,10H2,1-3H3,(H,16,19);10H,3-9H2,1-2H3;2H,1H3,(H,4,5,6). The van der Waals surface area contributed by atoms with Crippen molar-refractivity contribution in [2.45, 2.75) is 79.0 Å². The van der Waals surface area contributed by atoms with Gasteiger partial charge in [0.2, 0.25) is 25.1 Å². The number of aldehydes is 1. The molecule has 0 saturated carbocycles. The lowest BCUT2D eigenvalue weighted by atomic mass is 10.1. The first-order chi connectivity index (χ1) is 18.7. The van der Waals surface area contributed by atoms with Gasteiger partial charge in [0.25, 0.3) is 0 Å². The van der Waals surface area contributed by atoms with Gasteiger partial charge in [0.15, 0.2) is 0 Å². The van der Waals surface area contributed by atoms with Crippen LogP contribution in [0.1, 0.15) is 81.3 Å². The van der Waals surface area contributed by atoms with Gasteiger partial charge in [-0.15, -0.1) is 0 Å². The molecule has 0 fully saturated rings. The van der Waals surface area contributed by atoms with Crippen LogP contribution in [0.25, 0.3) is 0 Å². The highest BCUT2D eigenvalue weighted by molar-refractivity contribution is 5.83. The molecule has 0 radical (unpaired) electrons. The largest absolute Gasteiger partial charge is 0.385 e. The van der Waals surface area contributed by atoms with Crippen LogP contribution in [0.3, 0.4) is 0 Å². The first kappa shape index (κ1) is 38.0. The molecule has 1 rings (SSSR count). The summed E-state index contributed by atoms with van der Waals surface area (Å²) < 4.78 is 4.92. The second kappa shape index (κ2) is 26.5. The van der Waals surface area contributed by atoms with Gasteiger partial charge in [0.1, 0.15) is 6.29 Å². The number of hydroxylamine groups is 2. The van der Waals surface area contributed by atoms with Crippen molar-refractivity contribution < 1.29 is 33.5 Å². The summed E-state index contributed by atoms with van der Waals surface area (Å²) in [6.45, 7) is 10.8. The van der Waals surface area contributed by atoms with Gasteiger partial charge in [-0.3, -0.25) is 34.1 Å². The highest BCUT2D eigenvalue weighted by atomic mass is 16.7. The van der Waals surface area contributed by atoms with E-state index in [1.807, 2.05) is 29.4 Å². The first-order valence-electron chi connectivity index (χ1n) is 13.2. The first-order valence-corrected chi connectivity index (χ1v) is 13.2. The van der Waals surface area contributed by atoms with E-state index in [1.165, 1.54) is 19.8 Å². The molecule has 0 spiro atoms. The van der Waals surface area contributed by atoms with Crippen molar-refractivity contribution in [3.05, 3.63) is 34.9 Å². The Bertz CT molecular complexity index is 798. The average Bonchev–Trinajstić information content (AvgIpc) is 2.94. The van der Waals surface area contributed by atoms with E-state index >= 15 is 0 Å². The van der Waals surface area contributed by atoms with Crippen molar-refractivity contribution in [2.75, 3.05) is 33.9 Å². The number of carbonyl (C=O) groups excluding carboxylic acids is 5. The summed E-state index contributed by atoms with van der Waals surface area (Å²) in [5.74, 6) is -0.329. The number of carbonyl (C=O) groups is 5. The molecule has 1 aromatic rings. The van der Waals surface area contributed by atoms with E-state index in [0.29, 0.717) is 37.6 Å². The summed E-state index contributed by atoms with van der Waals surface area (Å²) in [5.41, 5.74) is 2.32. The molecule has 1 atom stereocenters. The van der Waals surface area contributed by atoms with E-state index in [1.54, 1.807) is 18.2 Å². The Labute approximate surface area is 233 Å². The molecule has 11 heteroatoms. The number of amides is 4. The van der Waals surface area contributed by atoms with Crippen molar-refractivity contribution in [1.82, 2.24) is 20.6 Å². The lowest BCUT2D eigenvalue weighted by molar-refractivity contribution is -0.174. The van der Waals surface area contributed by atoms with Crippen LogP contribution in [0.4, 0.5) is 0 Å². The molecule has 0 aliphatic carbocycles. The maximum absolute atomic E-state index is 11.1.